The van der Waals surface area contributed by atoms with Crippen LogP contribution in [0.15, 0.2) is 30.3 Å². The molecular weight excluding hydrogens is 349 g/mol. The lowest BCUT2D eigenvalue weighted by Crippen LogP contribution is -2.22. The molecule has 2 aromatic carbocycles. The summed E-state index contributed by atoms with van der Waals surface area (Å²) in [6, 6.07) is 7.06. The van der Waals surface area contributed by atoms with Crippen LogP contribution < -0.4 is 21.1 Å². The smallest absolute Gasteiger partial charge is 0.251 e. The van der Waals surface area contributed by atoms with Gasteiger partial charge in [0.1, 0.15) is 11.6 Å². The van der Waals surface area contributed by atoms with Crippen molar-refractivity contribution in [3.8, 4) is 5.75 Å². The first kappa shape index (κ1) is 18.5. The molecule has 25 heavy (non-hydrogen) atoms. The number of aryl methyl sites for hydroxylation is 1. The summed E-state index contributed by atoms with van der Waals surface area (Å²) in [5.41, 5.74) is 6.50. The number of nitrogens with one attached hydrogen (secondary N) is 2. The van der Waals surface area contributed by atoms with E-state index in [9.17, 15) is 14.0 Å². The number of hydrogen-bond acceptors (Lipinski definition) is 4. The standard InChI is InChI=1S/C17H17ClFN3O3/c1-9-5-14(15(25-2)7-12(9)18)22-16(23)8-21-10-3-4-13(19)11(6-10)17(20)24/h3-7,21H,8H2,1-2H3,(H2,20,24)(H,22,23). The summed E-state index contributed by atoms with van der Waals surface area (Å²) < 4.78 is 18.6. The Labute approximate surface area is 149 Å². The van der Waals surface area contributed by atoms with Crippen LogP contribution in [0.1, 0.15) is 15.9 Å². The molecule has 2 amide bonds. The van der Waals surface area contributed by atoms with Crippen LogP contribution in [0.25, 0.3) is 0 Å². The van der Waals surface area contributed by atoms with Crippen LogP contribution in [0.2, 0.25) is 5.02 Å². The van der Waals surface area contributed by atoms with E-state index in [1.54, 1.807) is 19.1 Å². The minimum Gasteiger partial charge on any atom is -0.495 e. The molecule has 0 unspecified atom stereocenters. The SMILES string of the molecule is COc1cc(Cl)c(C)cc1NC(=O)CNc1ccc(F)c(C(N)=O)c1. The number of anilines is 2. The number of methoxy groups -OCH3 is 1. The highest BCUT2D eigenvalue weighted by Crippen LogP contribution is 2.30. The molecule has 8 heteroatoms. The third-order valence-electron chi connectivity index (χ3n) is 3.44. The Balaban J connectivity index is 2.06. The van der Waals surface area contributed by atoms with E-state index in [0.717, 1.165) is 11.6 Å². The molecule has 0 aliphatic rings. The number of carbonyl (C=O) groups is 2. The number of carbonyl (C=O) groups excluding carboxylic acids is 2. The predicted octanol–water partition coefficient (Wildman–Crippen LogP) is 2.95. The first-order chi connectivity index (χ1) is 11.8. The highest BCUT2D eigenvalue weighted by Gasteiger charge is 2.12. The molecule has 0 aliphatic heterocycles. The van der Waals surface area contributed by atoms with Gasteiger partial charge < -0.3 is 21.1 Å². The third kappa shape index (κ3) is 4.60. The Hall–Kier alpha value is -2.80. The number of benzene rings is 2. The Morgan fingerprint density at radius 2 is 2.00 bits per heavy atom. The van der Waals surface area contributed by atoms with Gasteiger partial charge in [0.05, 0.1) is 24.9 Å². The zero-order chi connectivity index (χ0) is 18.6. The minimum absolute atomic E-state index is 0.103. The van der Waals surface area contributed by atoms with Crippen molar-refractivity contribution in [3.63, 3.8) is 0 Å². The maximum Gasteiger partial charge on any atom is 0.251 e. The minimum atomic E-state index is -0.882. The number of halogens is 2. The molecule has 0 heterocycles. The predicted molar refractivity (Wildman–Crippen MR) is 94.8 cm³/mol. The lowest BCUT2D eigenvalue weighted by atomic mass is 10.1. The van der Waals surface area contributed by atoms with Gasteiger partial charge in [-0.15, -0.1) is 0 Å². The van der Waals surface area contributed by atoms with E-state index in [2.05, 4.69) is 10.6 Å². The van der Waals surface area contributed by atoms with Gasteiger partial charge in [-0.25, -0.2) is 4.39 Å². The topological polar surface area (TPSA) is 93.4 Å². The Morgan fingerprint density at radius 3 is 2.64 bits per heavy atom. The monoisotopic (exact) mass is 365 g/mol. The molecule has 6 nitrogen and oxygen atoms in total. The lowest BCUT2D eigenvalue weighted by Gasteiger charge is -2.13. The average Bonchev–Trinajstić information content (AvgIpc) is 2.57. The van der Waals surface area contributed by atoms with E-state index in [4.69, 9.17) is 22.1 Å². The highest BCUT2D eigenvalue weighted by atomic mass is 35.5. The van der Waals surface area contributed by atoms with Crippen LogP contribution in [0, 0.1) is 12.7 Å². The van der Waals surface area contributed by atoms with Crippen molar-refractivity contribution < 1.29 is 18.7 Å². The normalized spacial score (nSPS) is 10.2. The van der Waals surface area contributed by atoms with Gasteiger partial charge in [0.25, 0.3) is 5.91 Å². The fourth-order valence-corrected chi connectivity index (χ4v) is 2.28. The number of primary amides is 1. The highest BCUT2D eigenvalue weighted by molar-refractivity contribution is 6.31. The molecule has 0 fully saturated rings. The fourth-order valence-electron chi connectivity index (χ4n) is 2.13. The van der Waals surface area contributed by atoms with Gasteiger partial charge >= 0.3 is 0 Å². The summed E-state index contributed by atoms with van der Waals surface area (Å²) in [5, 5.41) is 6.02. The van der Waals surface area contributed by atoms with Crippen molar-refractivity contribution in [2.45, 2.75) is 6.92 Å². The second-order valence-corrected chi connectivity index (χ2v) is 5.67. The van der Waals surface area contributed by atoms with E-state index in [1.807, 2.05) is 0 Å². The Bertz CT molecular complexity index is 827. The Kier molecular flexibility index (Phi) is 5.82. The van der Waals surface area contributed by atoms with Crippen molar-refractivity contribution in [1.29, 1.82) is 0 Å². The van der Waals surface area contributed by atoms with E-state index in [0.29, 0.717) is 22.1 Å². The first-order valence-corrected chi connectivity index (χ1v) is 7.67. The van der Waals surface area contributed by atoms with E-state index in [1.165, 1.54) is 19.2 Å². The molecule has 0 saturated carbocycles. The number of amides is 2. The molecule has 0 spiro atoms. The third-order valence-corrected chi connectivity index (χ3v) is 3.85. The zero-order valence-electron chi connectivity index (χ0n) is 13.7. The van der Waals surface area contributed by atoms with Crippen molar-refractivity contribution in [3.05, 3.63) is 52.3 Å². The second-order valence-electron chi connectivity index (χ2n) is 5.26. The number of ether oxygens (including phenoxy) is 1. The van der Waals surface area contributed by atoms with Gasteiger partial charge in [0.15, 0.2) is 0 Å². The quantitative estimate of drug-likeness (QED) is 0.733. The zero-order valence-corrected chi connectivity index (χ0v) is 14.4. The van der Waals surface area contributed by atoms with Gasteiger partial charge in [-0.3, -0.25) is 9.59 Å². The van der Waals surface area contributed by atoms with E-state index in [-0.39, 0.29) is 18.0 Å². The average molecular weight is 366 g/mol. The first-order valence-electron chi connectivity index (χ1n) is 7.29. The molecule has 4 N–H and O–H groups in total. The van der Waals surface area contributed by atoms with E-state index < -0.39 is 11.7 Å². The van der Waals surface area contributed by atoms with Gasteiger partial charge in [0.2, 0.25) is 5.91 Å². The van der Waals surface area contributed by atoms with Crippen LogP contribution in [-0.2, 0) is 4.79 Å². The lowest BCUT2D eigenvalue weighted by molar-refractivity contribution is -0.114. The summed E-state index contributed by atoms with van der Waals surface area (Å²) in [6.45, 7) is 1.70. The summed E-state index contributed by atoms with van der Waals surface area (Å²) >= 11 is 6.02. The van der Waals surface area contributed by atoms with Gasteiger partial charge in [-0.1, -0.05) is 11.6 Å². The summed E-state index contributed by atoms with van der Waals surface area (Å²) in [4.78, 5) is 23.2. The number of rotatable bonds is 6. The van der Waals surface area contributed by atoms with E-state index >= 15 is 0 Å². The maximum absolute atomic E-state index is 13.4. The Morgan fingerprint density at radius 1 is 1.28 bits per heavy atom. The van der Waals surface area contributed by atoms with Crippen LogP contribution in [0.3, 0.4) is 0 Å². The largest absolute Gasteiger partial charge is 0.495 e. The molecule has 2 rings (SSSR count). The van der Waals surface area contributed by atoms with Crippen LogP contribution in [0.4, 0.5) is 15.8 Å². The molecule has 0 atom stereocenters. The van der Waals surface area contributed by atoms with Gasteiger partial charge in [-0.05, 0) is 36.8 Å². The molecule has 0 radical (unpaired) electrons. The van der Waals surface area contributed by atoms with Crippen molar-refractivity contribution in [1.82, 2.24) is 0 Å². The second kappa shape index (κ2) is 7.85. The molecule has 0 aromatic heterocycles. The number of hydrogen-bond donors (Lipinski definition) is 3. The van der Waals surface area contributed by atoms with Crippen molar-refractivity contribution in [2.24, 2.45) is 5.73 Å². The molecule has 132 valence electrons. The van der Waals surface area contributed by atoms with Crippen LogP contribution in [-0.4, -0.2) is 25.5 Å². The van der Waals surface area contributed by atoms with Gasteiger partial charge in [-0.2, -0.15) is 0 Å². The van der Waals surface area contributed by atoms with Crippen molar-refractivity contribution >= 4 is 34.8 Å². The fraction of sp³-hybridized carbons (Fsp3) is 0.176. The maximum atomic E-state index is 13.4. The van der Waals surface area contributed by atoms with Gasteiger partial charge in [0, 0.05) is 16.8 Å². The number of nitrogens with two attached hydrogens (primary N) is 1. The molecule has 0 aliphatic carbocycles. The molecule has 2 aromatic rings. The molecule has 0 saturated heterocycles. The summed E-state index contributed by atoms with van der Waals surface area (Å²) in [5.74, 6) is -1.53. The molecular formula is C17H17ClFN3O3. The summed E-state index contributed by atoms with van der Waals surface area (Å²) in [7, 11) is 1.47. The van der Waals surface area contributed by atoms with Crippen molar-refractivity contribution in [2.75, 3.05) is 24.3 Å². The molecule has 0 bridgehead atoms. The van der Waals surface area contributed by atoms with Crippen LogP contribution >= 0.6 is 11.6 Å². The van der Waals surface area contributed by atoms with Crippen LogP contribution in [0.5, 0.6) is 5.75 Å². The summed E-state index contributed by atoms with van der Waals surface area (Å²) in [6.07, 6.45) is 0.